The molecule has 98 valence electrons. The molecule has 0 saturated heterocycles. The number of aryl methyl sites for hydroxylation is 1. The Labute approximate surface area is 135 Å². The van der Waals surface area contributed by atoms with Gasteiger partial charge in [-0.2, -0.15) is 0 Å². The molecule has 3 aromatic rings. The van der Waals surface area contributed by atoms with Gasteiger partial charge in [0.1, 0.15) is 18.1 Å². The summed E-state index contributed by atoms with van der Waals surface area (Å²) in [5.41, 5.74) is 8.84. The second-order valence-electron chi connectivity index (χ2n) is 4.15. The maximum absolute atomic E-state index is 5.73. The number of pyridine rings is 1. The lowest BCUT2D eigenvalue weighted by Gasteiger charge is -1.94. The van der Waals surface area contributed by atoms with Gasteiger partial charge >= 0.3 is 0 Å². The van der Waals surface area contributed by atoms with Gasteiger partial charge in [-0.3, -0.25) is 0 Å². The summed E-state index contributed by atoms with van der Waals surface area (Å²) < 4.78 is 8.64. The van der Waals surface area contributed by atoms with E-state index in [1.54, 1.807) is 12.1 Å². The Morgan fingerprint density at radius 2 is 2.05 bits per heavy atom. The summed E-state index contributed by atoms with van der Waals surface area (Å²) in [6, 6.07) is 7.41. The van der Waals surface area contributed by atoms with Gasteiger partial charge in [0.15, 0.2) is 18.0 Å². The van der Waals surface area contributed by atoms with Gasteiger partial charge in [-0.15, -0.1) is 0 Å². The first-order chi connectivity index (χ1) is 8.61. The number of nitrogens with two attached hydrogens (primary N) is 1. The Bertz CT molecular complexity index is 722. The van der Waals surface area contributed by atoms with E-state index in [1.807, 2.05) is 36.1 Å². The highest BCUT2D eigenvalue weighted by Crippen LogP contribution is 2.26. The molecular weight excluding hydrogens is 421 g/mol. The predicted molar refractivity (Wildman–Crippen MR) is 72.7 cm³/mol. The lowest BCUT2D eigenvalue weighted by atomic mass is 10.3. The Kier molecular flexibility index (Phi) is 4.10. The maximum Gasteiger partial charge on any atom is 0.233 e. The van der Waals surface area contributed by atoms with Gasteiger partial charge in [0, 0.05) is 5.69 Å². The van der Waals surface area contributed by atoms with Crippen LogP contribution in [0, 0.1) is 0 Å². The molecule has 19 heavy (non-hydrogen) atoms. The molecule has 0 bridgehead atoms. The number of oxazole rings is 1. The van der Waals surface area contributed by atoms with Crippen molar-refractivity contribution in [1.82, 2.24) is 4.98 Å². The van der Waals surface area contributed by atoms with Crippen molar-refractivity contribution >= 4 is 32.7 Å². The largest absolute Gasteiger partial charge is 1.00 e. The Morgan fingerprint density at radius 1 is 1.26 bits per heavy atom. The lowest BCUT2D eigenvalue weighted by Crippen LogP contribution is -3.00. The van der Waals surface area contributed by atoms with Gasteiger partial charge in [-0.25, -0.2) is 9.55 Å². The van der Waals surface area contributed by atoms with Gasteiger partial charge in [-0.05, 0) is 40.2 Å². The zero-order chi connectivity index (χ0) is 12.7. The third-order valence-electron chi connectivity index (χ3n) is 2.62. The van der Waals surface area contributed by atoms with Crippen molar-refractivity contribution in [3.05, 3.63) is 41.1 Å². The van der Waals surface area contributed by atoms with Gasteiger partial charge < -0.3 is 34.1 Å². The molecule has 0 spiro atoms. The fraction of sp³-hybridized carbons (Fsp3) is 0.0769. The van der Waals surface area contributed by atoms with Crippen LogP contribution in [0.2, 0.25) is 0 Å². The van der Waals surface area contributed by atoms with Crippen LogP contribution >= 0.6 is 15.9 Å². The second-order valence-corrected chi connectivity index (χ2v) is 5.07. The van der Waals surface area contributed by atoms with Crippen LogP contribution in [0.5, 0.6) is 0 Å². The van der Waals surface area contributed by atoms with E-state index in [9.17, 15) is 0 Å². The molecule has 1 aromatic carbocycles. The summed E-state index contributed by atoms with van der Waals surface area (Å²) in [6.45, 7) is 0. The summed E-state index contributed by atoms with van der Waals surface area (Å²) >= 11 is 3.46. The fourth-order valence-electron chi connectivity index (χ4n) is 1.86. The molecule has 0 atom stereocenters. The van der Waals surface area contributed by atoms with Crippen molar-refractivity contribution in [3.8, 4) is 11.5 Å². The molecule has 2 N–H and O–H groups in total. The highest BCUT2D eigenvalue weighted by atomic mass is 127. The third-order valence-corrected chi connectivity index (χ3v) is 3.06. The van der Waals surface area contributed by atoms with Crippen LogP contribution in [0.15, 0.2) is 45.5 Å². The minimum absolute atomic E-state index is 0. The molecule has 0 aliphatic heterocycles. The van der Waals surface area contributed by atoms with Crippen LogP contribution in [0.3, 0.4) is 0 Å². The Morgan fingerprint density at radius 3 is 2.79 bits per heavy atom. The van der Waals surface area contributed by atoms with Crippen molar-refractivity contribution in [2.45, 2.75) is 0 Å². The minimum Gasteiger partial charge on any atom is -1.00 e. The summed E-state index contributed by atoms with van der Waals surface area (Å²) in [5, 5.41) is 0. The number of hydrogen-bond acceptors (Lipinski definition) is 3. The zero-order valence-electron chi connectivity index (χ0n) is 10.1. The Balaban J connectivity index is 0.00000133. The van der Waals surface area contributed by atoms with Crippen molar-refractivity contribution in [3.63, 3.8) is 0 Å². The lowest BCUT2D eigenvalue weighted by molar-refractivity contribution is -0.671. The van der Waals surface area contributed by atoms with Crippen LogP contribution in [0.25, 0.3) is 22.6 Å². The molecule has 0 amide bonds. The molecule has 0 unspecified atom stereocenters. The van der Waals surface area contributed by atoms with Gasteiger partial charge in [0.25, 0.3) is 0 Å². The standard InChI is InChI=1S/C13H11BrN3O.HI/c1-17-6-8(4-9(14)7-17)13-16-11-5-10(15)2-3-12(11)18-13;/h2-7H,15H2,1H3;1H/q+1;/p-1. The maximum atomic E-state index is 5.73. The van der Waals surface area contributed by atoms with Crippen LogP contribution in [-0.2, 0) is 7.05 Å². The highest BCUT2D eigenvalue weighted by molar-refractivity contribution is 9.10. The number of nitrogen functional groups attached to an aromatic ring is 1. The number of anilines is 1. The molecule has 0 radical (unpaired) electrons. The number of benzene rings is 1. The van der Waals surface area contributed by atoms with Crippen molar-refractivity contribution in [2.75, 3.05) is 5.73 Å². The third kappa shape index (κ3) is 2.89. The molecular formula is C13H11BrIN3O. The average Bonchev–Trinajstić information content (AvgIpc) is 2.70. The molecule has 2 heterocycles. The molecule has 0 fully saturated rings. The first-order valence-electron chi connectivity index (χ1n) is 5.44. The van der Waals surface area contributed by atoms with Gasteiger partial charge in [-0.1, -0.05) is 0 Å². The minimum atomic E-state index is 0. The Hall–Kier alpha value is -1.15. The molecule has 2 aromatic heterocycles. The van der Waals surface area contributed by atoms with E-state index in [1.165, 1.54) is 0 Å². The number of halogens is 2. The van der Waals surface area contributed by atoms with Gasteiger partial charge in [0.2, 0.25) is 5.89 Å². The van der Waals surface area contributed by atoms with Crippen LogP contribution in [0.1, 0.15) is 0 Å². The number of rotatable bonds is 1. The quantitative estimate of drug-likeness (QED) is 0.326. The highest BCUT2D eigenvalue weighted by Gasteiger charge is 2.12. The first-order valence-corrected chi connectivity index (χ1v) is 6.23. The zero-order valence-corrected chi connectivity index (χ0v) is 13.8. The summed E-state index contributed by atoms with van der Waals surface area (Å²) in [6.07, 6.45) is 3.92. The van der Waals surface area contributed by atoms with Crippen molar-refractivity contribution < 1.29 is 33.0 Å². The summed E-state index contributed by atoms with van der Waals surface area (Å²) in [7, 11) is 1.95. The first kappa shape index (κ1) is 14.3. The SMILES string of the molecule is C[n+]1cc(Br)cc(-c2nc3cc(N)ccc3o2)c1.[I-]. The summed E-state index contributed by atoms with van der Waals surface area (Å²) in [4.78, 5) is 4.45. The molecule has 0 aliphatic rings. The second kappa shape index (κ2) is 5.46. The van der Waals surface area contributed by atoms with E-state index in [0.717, 1.165) is 21.1 Å². The average molecular weight is 432 g/mol. The smallest absolute Gasteiger partial charge is 0.233 e. The van der Waals surface area contributed by atoms with E-state index in [-0.39, 0.29) is 24.0 Å². The summed E-state index contributed by atoms with van der Waals surface area (Å²) in [5.74, 6) is 0.590. The van der Waals surface area contributed by atoms with E-state index >= 15 is 0 Å². The molecule has 0 aliphatic carbocycles. The van der Waals surface area contributed by atoms with Crippen molar-refractivity contribution in [1.29, 1.82) is 0 Å². The van der Waals surface area contributed by atoms with E-state index in [0.29, 0.717) is 11.6 Å². The topological polar surface area (TPSA) is 55.9 Å². The predicted octanol–water partition coefficient (Wildman–Crippen LogP) is -0.332. The monoisotopic (exact) mass is 431 g/mol. The molecule has 0 saturated carbocycles. The molecule has 6 heteroatoms. The van der Waals surface area contributed by atoms with E-state index < -0.39 is 0 Å². The molecule has 3 rings (SSSR count). The van der Waals surface area contributed by atoms with E-state index in [2.05, 4.69) is 20.9 Å². The van der Waals surface area contributed by atoms with E-state index in [4.69, 9.17) is 10.2 Å². The number of fused-ring (bicyclic) bond motifs is 1. The van der Waals surface area contributed by atoms with Crippen LogP contribution in [0.4, 0.5) is 5.69 Å². The van der Waals surface area contributed by atoms with Gasteiger partial charge in [0.05, 0.1) is 4.47 Å². The normalized spacial score (nSPS) is 10.4. The van der Waals surface area contributed by atoms with Crippen molar-refractivity contribution in [2.24, 2.45) is 7.05 Å². The molecule has 4 nitrogen and oxygen atoms in total. The number of aromatic nitrogens is 2. The number of nitrogens with zero attached hydrogens (tertiary/aromatic N) is 2. The van der Waals surface area contributed by atoms with Crippen LogP contribution in [-0.4, -0.2) is 4.98 Å². The number of hydrogen-bond donors (Lipinski definition) is 1. The fourth-order valence-corrected chi connectivity index (χ4v) is 2.43. The van der Waals surface area contributed by atoms with Crippen LogP contribution < -0.4 is 34.3 Å².